The predicted molar refractivity (Wildman–Crippen MR) is 112 cm³/mol. The molecule has 0 atom stereocenters. The molecule has 0 unspecified atom stereocenters. The summed E-state index contributed by atoms with van der Waals surface area (Å²) in [5.41, 5.74) is 2.96. The molecule has 1 aromatic heterocycles. The van der Waals surface area contributed by atoms with E-state index in [-0.39, 0.29) is 5.91 Å². The Morgan fingerprint density at radius 2 is 1.71 bits per heavy atom. The summed E-state index contributed by atoms with van der Waals surface area (Å²) < 4.78 is 5.77. The molecule has 0 N–H and O–H groups in total. The average Bonchev–Trinajstić information content (AvgIpc) is 3.10. The van der Waals surface area contributed by atoms with Crippen LogP contribution in [-0.4, -0.2) is 56.1 Å². The van der Waals surface area contributed by atoms with Crippen molar-refractivity contribution in [3.05, 3.63) is 59.2 Å². The Balaban J connectivity index is 1.93. The third-order valence-corrected chi connectivity index (χ3v) is 5.37. The summed E-state index contributed by atoms with van der Waals surface area (Å²) in [4.78, 5) is 33.2. The first-order valence-electron chi connectivity index (χ1n) is 8.91. The molecule has 0 saturated carbocycles. The highest BCUT2D eigenvalue weighted by Gasteiger charge is 2.22. The van der Waals surface area contributed by atoms with Crippen molar-refractivity contribution in [1.82, 2.24) is 9.88 Å². The van der Waals surface area contributed by atoms with Crippen LogP contribution >= 0.6 is 11.3 Å². The molecule has 28 heavy (non-hydrogen) atoms. The minimum absolute atomic E-state index is 0.144. The minimum Gasteiger partial charge on any atom is -0.465 e. The fourth-order valence-corrected chi connectivity index (χ4v) is 3.83. The predicted octanol–water partition coefficient (Wildman–Crippen LogP) is 3.60. The first-order valence-corrected chi connectivity index (χ1v) is 9.73. The van der Waals surface area contributed by atoms with Crippen LogP contribution in [0.1, 0.15) is 26.3 Å². The van der Waals surface area contributed by atoms with Crippen LogP contribution in [0.25, 0.3) is 10.2 Å². The number of benzene rings is 2. The van der Waals surface area contributed by atoms with Crippen LogP contribution in [0.15, 0.2) is 42.5 Å². The molecule has 0 spiro atoms. The zero-order chi connectivity index (χ0) is 20.3. The number of anilines is 1. The summed E-state index contributed by atoms with van der Waals surface area (Å²) in [5.74, 6) is -0.570. The van der Waals surface area contributed by atoms with Crippen molar-refractivity contribution in [1.29, 1.82) is 0 Å². The van der Waals surface area contributed by atoms with Gasteiger partial charge in [-0.1, -0.05) is 17.4 Å². The van der Waals surface area contributed by atoms with Crippen LogP contribution in [-0.2, 0) is 4.74 Å². The van der Waals surface area contributed by atoms with Gasteiger partial charge in [0.15, 0.2) is 5.13 Å². The van der Waals surface area contributed by atoms with Crippen LogP contribution in [0.5, 0.6) is 0 Å². The molecular weight excluding hydrogens is 374 g/mol. The molecule has 0 radical (unpaired) electrons. The zero-order valence-corrected chi connectivity index (χ0v) is 17.2. The lowest BCUT2D eigenvalue weighted by atomic mass is 10.1. The van der Waals surface area contributed by atoms with Gasteiger partial charge in [-0.25, -0.2) is 9.78 Å². The van der Waals surface area contributed by atoms with Gasteiger partial charge in [-0.15, -0.1) is 0 Å². The Morgan fingerprint density at radius 3 is 2.36 bits per heavy atom. The maximum atomic E-state index is 13.2. The van der Waals surface area contributed by atoms with Gasteiger partial charge in [-0.05, 0) is 63.0 Å². The molecule has 7 heteroatoms. The number of hydrogen-bond acceptors (Lipinski definition) is 6. The van der Waals surface area contributed by atoms with Gasteiger partial charge in [0.1, 0.15) is 0 Å². The zero-order valence-electron chi connectivity index (χ0n) is 16.4. The number of thiazole rings is 1. The summed E-state index contributed by atoms with van der Waals surface area (Å²) in [5, 5.41) is 0.671. The Bertz CT molecular complexity index is 996. The van der Waals surface area contributed by atoms with E-state index in [1.807, 2.05) is 38.1 Å². The van der Waals surface area contributed by atoms with E-state index in [0.717, 1.165) is 15.8 Å². The normalized spacial score (nSPS) is 11.0. The molecule has 0 saturated heterocycles. The number of ether oxygens (including phenoxy) is 1. The van der Waals surface area contributed by atoms with E-state index >= 15 is 0 Å². The molecule has 6 nitrogen and oxygen atoms in total. The van der Waals surface area contributed by atoms with Gasteiger partial charge in [0, 0.05) is 18.7 Å². The number of aromatic nitrogens is 1. The Kier molecular flexibility index (Phi) is 6.06. The molecule has 0 fully saturated rings. The number of esters is 1. The van der Waals surface area contributed by atoms with E-state index in [1.54, 1.807) is 29.2 Å². The van der Waals surface area contributed by atoms with Gasteiger partial charge in [-0.3, -0.25) is 9.69 Å². The Hall–Kier alpha value is -2.77. The van der Waals surface area contributed by atoms with E-state index in [0.29, 0.717) is 29.3 Å². The third kappa shape index (κ3) is 4.37. The largest absolute Gasteiger partial charge is 0.465 e. The van der Waals surface area contributed by atoms with Crippen LogP contribution in [0, 0.1) is 6.92 Å². The third-order valence-electron chi connectivity index (χ3n) is 4.33. The monoisotopic (exact) mass is 397 g/mol. The summed E-state index contributed by atoms with van der Waals surface area (Å²) in [7, 11) is 5.27. The van der Waals surface area contributed by atoms with Gasteiger partial charge < -0.3 is 9.64 Å². The van der Waals surface area contributed by atoms with Gasteiger partial charge in [0.05, 0.1) is 22.9 Å². The number of amides is 1. The van der Waals surface area contributed by atoms with Crippen molar-refractivity contribution in [2.24, 2.45) is 0 Å². The van der Waals surface area contributed by atoms with Crippen LogP contribution in [0.2, 0.25) is 0 Å². The fraction of sp³-hybridized carbons (Fsp3) is 0.286. The summed E-state index contributed by atoms with van der Waals surface area (Å²) >= 11 is 1.51. The van der Waals surface area contributed by atoms with E-state index in [4.69, 9.17) is 4.74 Å². The van der Waals surface area contributed by atoms with Gasteiger partial charge >= 0.3 is 5.97 Å². The Labute approximate surface area is 168 Å². The number of likely N-dealkylation sites (N-methyl/N-ethyl adjacent to an activating group) is 1. The topological polar surface area (TPSA) is 62.7 Å². The number of fused-ring (bicyclic) bond motifs is 1. The summed E-state index contributed by atoms with van der Waals surface area (Å²) in [6, 6.07) is 12.6. The lowest BCUT2D eigenvalue weighted by Crippen LogP contribution is -2.36. The molecule has 3 rings (SSSR count). The molecule has 146 valence electrons. The number of methoxy groups -OCH3 is 1. The van der Waals surface area contributed by atoms with Gasteiger partial charge in [-0.2, -0.15) is 0 Å². The molecule has 1 amide bonds. The molecule has 3 aromatic rings. The standard InChI is InChI=1S/C21H23N3O3S/c1-14-5-10-17-18(13-14)28-21(22-17)24(12-11-23(2)3)19(25)15-6-8-16(9-7-15)20(26)27-4/h5-10,13H,11-12H2,1-4H3. The maximum absolute atomic E-state index is 13.2. The van der Waals surface area contributed by atoms with Gasteiger partial charge in [0.2, 0.25) is 0 Å². The first kappa shape index (κ1) is 20.0. The van der Waals surface area contributed by atoms with Crippen molar-refractivity contribution in [2.45, 2.75) is 6.92 Å². The van der Waals surface area contributed by atoms with Crippen molar-refractivity contribution in [3.63, 3.8) is 0 Å². The van der Waals surface area contributed by atoms with Crippen molar-refractivity contribution < 1.29 is 14.3 Å². The number of rotatable bonds is 6. The molecular formula is C21H23N3O3S. The van der Waals surface area contributed by atoms with Crippen molar-refractivity contribution in [3.8, 4) is 0 Å². The number of hydrogen-bond donors (Lipinski definition) is 0. The lowest BCUT2D eigenvalue weighted by Gasteiger charge is -2.22. The summed E-state index contributed by atoms with van der Waals surface area (Å²) in [6.07, 6.45) is 0. The molecule has 0 aliphatic rings. The number of carbonyl (C=O) groups is 2. The highest BCUT2D eigenvalue weighted by atomic mass is 32.1. The minimum atomic E-state index is -0.426. The van der Waals surface area contributed by atoms with Crippen molar-refractivity contribution >= 4 is 38.6 Å². The Morgan fingerprint density at radius 1 is 1.04 bits per heavy atom. The average molecular weight is 398 g/mol. The van der Waals surface area contributed by atoms with E-state index < -0.39 is 5.97 Å². The smallest absolute Gasteiger partial charge is 0.337 e. The first-order chi connectivity index (χ1) is 13.4. The number of carbonyl (C=O) groups excluding carboxylic acids is 2. The maximum Gasteiger partial charge on any atom is 0.337 e. The van der Waals surface area contributed by atoms with Crippen LogP contribution in [0.3, 0.4) is 0 Å². The summed E-state index contributed by atoms with van der Waals surface area (Å²) in [6.45, 7) is 3.26. The van der Waals surface area contributed by atoms with E-state index in [9.17, 15) is 9.59 Å². The van der Waals surface area contributed by atoms with E-state index in [2.05, 4.69) is 11.1 Å². The number of aryl methyl sites for hydroxylation is 1. The second-order valence-corrected chi connectivity index (χ2v) is 7.81. The molecule has 0 aliphatic heterocycles. The molecule has 0 bridgehead atoms. The molecule has 0 aliphatic carbocycles. The highest BCUT2D eigenvalue weighted by molar-refractivity contribution is 7.22. The second kappa shape index (κ2) is 8.50. The SMILES string of the molecule is COC(=O)c1ccc(C(=O)N(CCN(C)C)c2nc3ccc(C)cc3s2)cc1. The number of nitrogens with zero attached hydrogens (tertiary/aromatic N) is 3. The molecule has 2 aromatic carbocycles. The van der Waals surface area contributed by atoms with Crippen LogP contribution in [0.4, 0.5) is 5.13 Å². The second-order valence-electron chi connectivity index (χ2n) is 6.80. The van der Waals surface area contributed by atoms with E-state index in [1.165, 1.54) is 18.4 Å². The van der Waals surface area contributed by atoms with Crippen molar-refractivity contribution in [2.75, 3.05) is 39.2 Å². The van der Waals surface area contributed by atoms with Crippen LogP contribution < -0.4 is 4.90 Å². The molecule has 1 heterocycles. The highest BCUT2D eigenvalue weighted by Crippen LogP contribution is 2.30. The fourth-order valence-electron chi connectivity index (χ4n) is 2.74. The quantitative estimate of drug-likeness (QED) is 0.595. The van der Waals surface area contributed by atoms with Gasteiger partial charge in [0.25, 0.3) is 5.91 Å². The lowest BCUT2D eigenvalue weighted by molar-refractivity contribution is 0.0600.